The maximum absolute atomic E-state index is 4.44. The molecule has 66 valence electrons. The molecular weight excluding hydrogens is 178 g/mol. The van der Waals surface area contributed by atoms with Crippen molar-refractivity contribution < 1.29 is 0 Å². The van der Waals surface area contributed by atoms with Crippen LogP contribution in [0.15, 0.2) is 47.5 Å². The quantitative estimate of drug-likeness (QED) is 0.403. The molecule has 1 nitrogen and oxygen atoms in total. The van der Waals surface area contributed by atoms with Gasteiger partial charge in [0.15, 0.2) is 0 Å². The molecule has 0 aromatic heterocycles. The second kappa shape index (κ2) is 6.30. The monoisotopic (exact) mass is 189 g/mol. The van der Waals surface area contributed by atoms with Gasteiger partial charge < -0.3 is 0 Å². The average molecular weight is 189 g/mol. The van der Waals surface area contributed by atoms with Crippen LogP contribution in [-0.2, 0) is 6.42 Å². The van der Waals surface area contributed by atoms with Gasteiger partial charge in [0, 0.05) is 0 Å². The number of nitrogens with zero attached hydrogens (tertiary/aromatic N) is 1. The first-order valence-corrected chi connectivity index (χ1v) is 4.57. The Morgan fingerprint density at radius 1 is 1.23 bits per heavy atom. The van der Waals surface area contributed by atoms with Crippen LogP contribution in [0, 0.1) is 0 Å². The van der Waals surface area contributed by atoms with Crippen LogP contribution in [0.4, 0.5) is 0 Å². The predicted molar refractivity (Wildman–Crippen MR) is 59.2 cm³/mol. The van der Waals surface area contributed by atoms with Gasteiger partial charge in [-0.15, -0.1) is 0 Å². The van der Waals surface area contributed by atoms with Gasteiger partial charge in [0.25, 0.3) is 0 Å². The number of hydrogen-bond acceptors (Lipinski definition) is 2. The smallest absolute Gasteiger partial charge is 0.0674 e. The van der Waals surface area contributed by atoms with E-state index in [0.717, 1.165) is 6.42 Å². The highest BCUT2D eigenvalue weighted by molar-refractivity contribution is 7.78. The number of allylic oxidation sites excluding steroid dienone is 1. The van der Waals surface area contributed by atoms with Crippen molar-refractivity contribution in [2.45, 2.75) is 6.42 Å². The fraction of sp³-hybridized carbons (Fsp3) is 0.182. The van der Waals surface area contributed by atoms with E-state index in [1.807, 2.05) is 24.3 Å². The minimum absolute atomic E-state index is 0.635. The molecule has 1 aromatic rings. The van der Waals surface area contributed by atoms with Crippen LogP contribution in [0.2, 0.25) is 0 Å². The fourth-order valence-electron chi connectivity index (χ4n) is 0.998. The van der Waals surface area contributed by atoms with E-state index in [-0.39, 0.29) is 0 Å². The van der Waals surface area contributed by atoms with Gasteiger partial charge in [-0.2, -0.15) is 0 Å². The Hall–Kier alpha value is -1.24. The van der Waals surface area contributed by atoms with Crippen LogP contribution in [0.5, 0.6) is 0 Å². The minimum Gasteiger partial charge on any atom is -0.228 e. The van der Waals surface area contributed by atoms with Crippen LogP contribution < -0.4 is 0 Å². The zero-order valence-corrected chi connectivity index (χ0v) is 8.13. The molecule has 0 unspecified atom stereocenters. The molecule has 13 heavy (non-hydrogen) atoms. The van der Waals surface area contributed by atoms with E-state index in [0.29, 0.717) is 6.54 Å². The number of isothiocyanates is 1. The maximum Gasteiger partial charge on any atom is 0.0674 e. The Labute approximate surface area is 83.8 Å². The summed E-state index contributed by atoms with van der Waals surface area (Å²) >= 11 is 4.44. The summed E-state index contributed by atoms with van der Waals surface area (Å²) in [7, 11) is 0. The normalized spacial score (nSPS) is 9.85. The molecule has 1 rings (SSSR count). The van der Waals surface area contributed by atoms with Crippen molar-refractivity contribution >= 4 is 17.4 Å². The van der Waals surface area contributed by atoms with Gasteiger partial charge in [-0.3, -0.25) is 0 Å². The van der Waals surface area contributed by atoms with E-state index in [9.17, 15) is 0 Å². The van der Waals surface area contributed by atoms with Crippen molar-refractivity contribution in [1.82, 2.24) is 0 Å². The van der Waals surface area contributed by atoms with Gasteiger partial charge in [0.1, 0.15) is 0 Å². The van der Waals surface area contributed by atoms with Crippen molar-refractivity contribution in [3.05, 3.63) is 48.0 Å². The first-order valence-electron chi connectivity index (χ1n) is 4.16. The Balaban J connectivity index is 2.35. The Kier molecular flexibility index (Phi) is 4.77. The van der Waals surface area contributed by atoms with E-state index in [2.05, 4.69) is 40.6 Å². The zero-order valence-electron chi connectivity index (χ0n) is 7.31. The van der Waals surface area contributed by atoms with Crippen LogP contribution in [0.1, 0.15) is 5.56 Å². The van der Waals surface area contributed by atoms with E-state index < -0.39 is 0 Å². The van der Waals surface area contributed by atoms with Crippen molar-refractivity contribution in [3.63, 3.8) is 0 Å². The van der Waals surface area contributed by atoms with E-state index in [1.165, 1.54) is 5.56 Å². The summed E-state index contributed by atoms with van der Waals surface area (Å²) in [6, 6.07) is 10.3. The largest absolute Gasteiger partial charge is 0.228 e. The number of benzene rings is 1. The predicted octanol–water partition coefficient (Wildman–Crippen LogP) is 2.89. The van der Waals surface area contributed by atoms with Gasteiger partial charge in [-0.25, -0.2) is 4.99 Å². The van der Waals surface area contributed by atoms with Gasteiger partial charge in [0.2, 0.25) is 0 Å². The molecule has 0 aliphatic rings. The summed E-state index contributed by atoms with van der Waals surface area (Å²) in [5.41, 5.74) is 1.31. The van der Waals surface area contributed by atoms with E-state index in [1.54, 1.807) is 0 Å². The van der Waals surface area contributed by atoms with Crippen molar-refractivity contribution in [2.24, 2.45) is 4.99 Å². The average Bonchev–Trinajstić information content (AvgIpc) is 2.19. The molecule has 0 saturated heterocycles. The van der Waals surface area contributed by atoms with Crippen molar-refractivity contribution in [3.8, 4) is 0 Å². The molecule has 0 atom stereocenters. The molecule has 0 heterocycles. The van der Waals surface area contributed by atoms with Gasteiger partial charge in [-0.05, 0) is 24.2 Å². The summed E-state index contributed by atoms with van der Waals surface area (Å²) in [5, 5.41) is 2.32. The lowest BCUT2D eigenvalue weighted by molar-refractivity contribution is 1.21. The van der Waals surface area contributed by atoms with Crippen molar-refractivity contribution in [1.29, 1.82) is 0 Å². The molecule has 2 heteroatoms. The number of aliphatic imine (C=N–C) groups is 1. The first-order chi connectivity index (χ1) is 6.43. The van der Waals surface area contributed by atoms with Crippen molar-refractivity contribution in [2.75, 3.05) is 6.54 Å². The van der Waals surface area contributed by atoms with Gasteiger partial charge in [-0.1, -0.05) is 42.5 Å². The summed E-state index contributed by atoms with van der Waals surface area (Å²) in [6.45, 7) is 0.635. The Morgan fingerprint density at radius 3 is 2.69 bits per heavy atom. The lowest BCUT2D eigenvalue weighted by Crippen LogP contribution is -1.79. The SMILES string of the molecule is S=C=NCC=CCc1ccccc1. The molecule has 0 spiro atoms. The first kappa shape index (κ1) is 9.85. The third-order valence-electron chi connectivity index (χ3n) is 1.62. The topological polar surface area (TPSA) is 12.4 Å². The second-order valence-electron chi connectivity index (χ2n) is 2.59. The minimum atomic E-state index is 0.635. The lowest BCUT2D eigenvalue weighted by atomic mass is 10.1. The van der Waals surface area contributed by atoms with Crippen LogP contribution in [0.3, 0.4) is 0 Å². The molecule has 0 aliphatic carbocycles. The van der Waals surface area contributed by atoms with E-state index >= 15 is 0 Å². The molecule has 0 N–H and O–H groups in total. The Morgan fingerprint density at radius 2 is 2.00 bits per heavy atom. The highest BCUT2D eigenvalue weighted by Gasteiger charge is 1.84. The molecular formula is C11H11NS. The number of hydrogen-bond donors (Lipinski definition) is 0. The van der Waals surface area contributed by atoms with Gasteiger partial charge in [0.05, 0.1) is 11.7 Å². The molecule has 0 amide bonds. The highest BCUT2D eigenvalue weighted by Crippen LogP contribution is 1.99. The summed E-state index contributed by atoms with van der Waals surface area (Å²) < 4.78 is 0. The maximum atomic E-state index is 4.44. The van der Waals surface area contributed by atoms with Gasteiger partial charge >= 0.3 is 0 Å². The lowest BCUT2D eigenvalue weighted by Gasteiger charge is -1.92. The summed E-state index contributed by atoms with van der Waals surface area (Å²) in [6.07, 6.45) is 5.03. The molecule has 0 fully saturated rings. The molecule has 1 aromatic carbocycles. The van der Waals surface area contributed by atoms with Crippen LogP contribution in [0.25, 0.3) is 0 Å². The second-order valence-corrected chi connectivity index (χ2v) is 2.78. The standard InChI is InChI=1S/C11H11NS/c13-10-12-9-5-4-8-11-6-2-1-3-7-11/h1-7H,8-9H2. The van der Waals surface area contributed by atoms with E-state index in [4.69, 9.17) is 0 Å². The molecule has 0 saturated carbocycles. The summed E-state index contributed by atoms with van der Waals surface area (Å²) in [4.78, 5) is 3.78. The zero-order chi connectivity index (χ0) is 9.36. The third-order valence-corrected chi connectivity index (χ3v) is 1.75. The summed E-state index contributed by atoms with van der Waals surface area (Å²) in [5.74, 6) is 0. The molecule has 0 radical (unpaired) electrons. The number of thiocarbonyl (C=S) groups is 1. The Bertz CT molecular complexity index is 310. The number of rotatable bonds is 4. The van der Waals surface area contributed by atoms with Crippen LogP contribution >= 0.6 is 12.2 Å². The molecule has 0 bridgehead atoms. The molecule has 0 aliphatic heterocycles. The van der Waals surface area contributed by atoms with Crippen LogP contribution in [-0.4, -0.2) is 11.7 Å². The fourth-order valence-corrected chi connectivity index (χ4v) is 1.07. The highest BCUT2D eigenvalue weighted by atomic mass is 32.1. The third kappa shape index (κ3) is 4.36.